The summed E-state index contributed by atoms with van der Waals surface area (Å²) in [6, 6.07) is 18.7. The van der Waals surface area contributed by atoms with Crippen LogP contribution in [0.2, 0.25) is 5.02 Å². The van der Waals surface area contributed by atoms with Crippen LogP contribution in [0.25, 0.3) is 22.2 Å². The largest absolute Gasteiger partial charge is 0.473 e. The molecule has 3 heterocycles. The normalized spacial score (nSPS) is 15.4. The van der Waals surface area contributed by atoms with E-state index in [0.717, 1.165) is 57.7 Å². The van der Waals surface area contributed by atoms with E-state index in [9.17, 15) is 0 Å². The van der Waals surface area contributed by atoms with E-state index < -0.39 is 0 Å². The van der Waals surface area contributed by atoms with E-state index in [-0.39, 0.29) is 12.0 Å². The van der Waals surface area contributed by atoms with Crippen LogP contribution in [0.3, 0.4) is 0 Å². The number of pyridine rings is 1. The van der Waals surface area contributed by atoms with Crippen LogP contribution in [0.5, 0.6) is 5.88 Å². The molecule has 0 saturated carbocycles. The molecular weight excluding hydrogens is 468 g/mol. The van der Waals surface area contributed by atoms with E-state index in [2.05, 4.69) is 58.8 Å². The Labute approximate surface area is 216 Å². The number of nitrogens with zero attached hydrogens (tertiary/aromatic N) is 3. The first-order chi connectivity index (χ1) is 17.6. The third-order valence-corrected chi connectivity index (χ3v) is 7.35. The van der Waals surface area contributed by atoms with Gasteiger partial charge in [0.1, 0.15) is 6.61 Å². The Hall–Kier alpha value is -3.57. The molecule has 0 saturated heterocycles. The first-order valence-corrected chi connectivity index (χ1v) is 13.0. The van der Waals surface area contributed by atoms with Crippen molar-refractivity contribution in [2.24, 2.45) is 0 Å². The Morgan fingerprint density at radius 2 is 1.97 bits per heavy atom. The van der Waals surface area contributed by atoms with E-state index in [1.807, 2.05) is 42.9 Å². The van der Waals surface area contributed by atoms with Gasteiger partial charge in [-0.2, -0.15) is 0 Å². The highest BCUT2D eigenvalue weighted by atomic mass is 35.5. The second-order valence-corrected chi connectivity index (χ2v) is 10.3. The quantitative estimate of drug-likeness (QED) is 0.262. The SMILES string of the molecule is CC(C)c1ncn(C2CCCc3cc(Cl)ccc32)c1-c1c[nH]c2cnc(OCc3ccccc3)cc12. The zero-order chi connectivity index (χ0) is 24.6. The third kappa shape index (κ3) is 4.18. The van der Waals surface area contributed by atoms with Gasteiger partial charge in [0.05, 0.1) is 35.5 Å². The van der Waals surface area contributed by atoms with Crippen molar-refractivity contribution in [2.75, 3.05) is 0 Å². The number of hydrogen-bond acceptors (Lipinski definition) is 3. The molecule has 0 bridgehead atoms. The van der Waals surface area contributed by atoms with E-state index in [1.165, 1.54) is 11.1 Å². The second kappa shape index (κ2) is 9.47. The molecule has 1 N–H and O–H groups in total. The Kier molecular flexibility index (Phi) is 6.02. The minimum absolute atomic E-state index is 0.224. The minimum Gasteiger partial charge on any atom is -0.473 e. The highest BCUT2D eigenvalue weighted by molar-refractivity contribution is 6.30. The Balaban J connectivity index is 1.43. The first-order valence-electron chi connectivity index (χ1n) is 12.6. The van der Waals surface area contributed by atoms with Gasteiger partial charge >= 0.3 is 0 Å². The van der Waals surface area contributed by atoms with Gasteiger partial charge in [0.15, 0.2) is 0 Å². The summed E-state index contributed by atoms with van der Waals surface area (Å²) in [4.78, 5) is 12.9. The van der Waals surface area contributed by atoms with E-state index in [0.29, 0.717) is 12.5 Å². The number of hydrogen-bond donors (Lipinski definition) is 1. The number of nitrogens with one attached hydrogen (secondary N) is 1. The van der Waals surface area contributed by atoms with Gasteiger partial charge in [-0.1, -0.05) is 61.8 Å². The molecule has 0 amide bonds. The zero-order valence-corrected chi connectivity index (χ0v) is 21.3. The maximum atomic E-state index is 6.33. The summed E-state index contributed by atoms with van der Waals surface area (Å²) < 4.78 is 8.43. The standard InChI is InChI=1S/C30H29ClN4O/c1-19(2)29-30(35(18-34-29)27-10-6-9-21-13-22(31)11-12-23(21)27)25-15-32-26-16-33-28(14-24(25)26)36-17-20-7-4-3-5-8-20/h3-5,7-8,11-16,18-19,27,32H,6,9-10,17H2,1-2H3. The third-order valence-electron chi connectivity index (χ3n) is 7.12. The molecule has 0 fully saturated rings. The lowest BCUT2D eigenvalue weighted by Crippen LogP contribution is -2.17. The van der Waals surface area contributed by atoms with Crippen molar-refractivity contribution >= 4 is 22.5 Å². The molecule has 1 atom stereocenters. The second-order valence-electron chi connectivity index (χ2n) is 9.84. The van der Waals surface area contributed by atoms with Gasteiger partial charge < -0.3 is 14.3 Å². The molecule has 6 heteroatoms. The average molecular weight is 497 g/mol. The molecule has 1 unspecified atom stereocenters. The van der Waals surface area contributed by atoms with E-state index in [1.54, 1.807) is 0 Å². The summed E-state index contributed by atoms with van der Waals surface area (Å²) >= 11 is 6.33. The number of aryl methyl sites for hydroxylation is 1. The van der Waals surface area contributed by atoms with Crippen LogP contribution in [0.15, 0.2) is 73.3 Å². The molecule has 3 aromatic heterocycles. The predicted octanol–water partition coefficient (Wildman–Crippen LogP) is 7.71. The molecule has 36 heavy (non-hydrogen) atoms. The van der Waals surface area contributed by atoms with Crippen molar-refractivity contribution < 1.29 is 4.74 Å². The fourth-order valence-electron chi connectivity index (χ4n) is 5.37. The topological polar surface area (TPSA) is 55.7 Å². The number of aromatic nitrogens is 4. The van der Waals surface area contributed by atoms with Crippen molar-refractivity contribution in [1.82, 2.24) is 19.5 Å². The van der Waals surface area contributed by atoms with Crippen LogP contribution in [0.4, 0.5) is 0 Å². The molecule has 0 spiro atoms. The number of aromatic amines is 1. The fourth-order valence-corrected chi connectivity index (χ4v) is 5.56. The van der Waals surface area contributed by atoms with Crippen LogP contribution in [0, 0.1) is 0 Å². The Bertz CT molecular complexity index is 1520. The molecule has 5 nitrogen and oxygen atoms in total. The molecule has 1 aliphatic rings. The number of halogens is 1. The molecule has 6 rings (SSSR count). The van der Waals surface area contributed by atoms with Gasteiger partial charge in [-0.15, -0.1) is 0 Å². The smallest absolute Gasteiger partial charge is 0.214 e. The van der Waals surface area contributed by atoms with Gasteiger partial charge in [0, 0.05) is 28.2 Å². The lowest BCUT2D eigenvalue weighted by molar-refractivity contribution is 0.294. The number of rotatable bonds is 6. The number of H-pyrrole nitrogens is 1. The molecule has 2 aromatic carbocycles. The van der Waals surface area contributed by atoms with Crippen molar-refractivity contribution in [2.45, 2.75) is 51.7 Å². The Morgan fingerprint density at radius 3 is 2.81 bits per heavy atom. The molecule has 0 aliphatic heterocycles. The van der Waals surface area contributed by atoms with Gasteiger partial charge in [-0.25, -0.2) is 9.97 Å². The first kappa shape index (κ1) is 22.9. The molecular formula is C30H29ClN4O. The van der Waals surface area contributed by atoms with Crippen molar-refractivity contribution in [3.8, 4) is 17.1 Å². The number of fused-ring (bicyclic) bond motifs is 2. The Morgan fingerprint density at radius 1 is 1.11 bits per heavy atom. The number of benzene rings is 2. The maximum Gasteiger partial charge on any atom is 0.214 e. The van der Waals surface area contributed by atoms with Gasteiger partial charge in [0.2, 0.25) is 5.88 Å². The summed E-state index contributed by atoms with van der Waals surface area (Å²) in [5, 5.41) is 1.89. The predicted molar refractivity (Wildman–Crippen MR) is 145 cm³/mol. The lowest BCUT2D eigenvalue weighted by Gasteiger charge is -2.28. The number of imidazole rings is 1. The van der Waals surface area contributed by atoms with Crippen LogP contribution >= 0.6 is 11.6 Å². The molecule has 1 aliphatic carbocycles. The average Bonchev–Trinajstić information content (AvgIpc) is 3.51. The van der Waals surface area contributed by atoms with Crippen LogP contribution in [-0.2, 0) is 13.0 Å². The summed E-state index contributed by atoms with van der Waals surface area (Å²) in [5.41, 5.74) is 8.15. The highest BCUT2D eigenvalue weighted by Crippen LogP contribution is 2.41. The molecule has 5 aromatic rings. The highest BCUT2D eigenvalue weighted by Gasteiger charge is 2.27. The number of ether oxygens (including phenoxy) is 1. The van der Waals surface area contributed by atoms with E-state index in [4.69, 9.17) is 21.3 Å². The van der Waals surface area contributed by atoms with Crippen LogP contribution in [0.1, 0.15) is 61.0 Å². The van der Waals surface area contributed by atoms with Crippen LogP contribution < -0.4 is 4.74 Å². The van der Waals surface area contributed by atoms with Crippen molar-refractivity contribution in [1.29, 1.82) is 0 Å². The van der Waals surface area contributed by atoms with E-state index >= 15 is 0 Å². The maximum absolute atomic E-state index is 6.33. The van der Waals surface area contributed by atoms with Crippen molar-refractivity contribution in [3.63, 3.8) is 0 Å². The summed E-state index contributed by atoms with van der Waals surface area (Å²) in [5.74, 6) is 0.900. The summed E-state index contributed by atoms with van der Waals surface area (Å²) in [7, 11) is 0. The zero-order valence-electron chi connectivity index (χ0n) is 20.5. The summed E-state index contributed by atoms with van der Waals surface area (Å²) in [6.07, 6.45) is 9.22. The molecule has 182 valence electrons. The van der Waals surface area contributed by atoms with Gasteiger partial charge in [0.25, 0.3) is 0 Å². The summed E-state index contributed by atoms with van der Waals surface area (Å²) in [6.45, 7) is 4.89. The van der Waals surface area contributed by atoms with Crippen LogP contribution in [-0.4, -0.2) is 19.5 Å². The van der Waals surface area contributed by atoms with Gasteiger partial charge in [-0.3, -0.25) is 0 Å². The van der Waals surface area contributed by atoms with Crippen molar-refractivity contribution in [3.05, 3.63) is 101 Å². The minimum atomic E-state index is 0.224. The fraction of sp³-hybridized carbons (Fsp3) is 0.267. The van der Waals surface area contributed by atoms with Gasteiger partial charge in [-0.05, 0) is 54.0 Å². The monoisotopic (exact) mass is 496 g/mol. The lowest BCUT2D eigenvalue weighted by atomic mass is 9.87. The molecule has 0 radical (unpaired) electrons.